The standard InChI is InChI=1S/C22H31N5O3.HI/c1-4-23-22(25-13-16(26(2)3)17-6-5-11-30-17)24-9-10-27-20(28)18-14-7-8-15(12-14)19(18)21(27)29;/h5-8,11,14-16,18-19H,4,9-10,12-13H2,1-3H3,(H2,23,24,25);1H. The maximum atomic E-state index is 12.8. The van der Waals surface area contributed by atoms with Crippen LogP contribution in [0.4, 0.5) is 0 Å². The van der Waals surface area contributed by atoms with Crippen LogP contribution in [0.1, 0.15) is 25.1 Å². The van der Waals surface area contributed by atoms with Gasteiger partial charge in [0.15, 0.2) is 5.96 Å². The Balaban J connectivity index is 0.00000272. The van der Waals surface area contributed by atoms with Crippen molar-refractivity contribution in [3.05, 3.63) is 36.3 Å². The molecule has 170 valence electrons. The molecule has 2 bridgehead atoms. The van der Waals surface area contributed by atoms with Crippen LogP contribution in [0.3, 0.4) is 0 Å². The van der Waals surface area contributed by atoms with E-state index in [-0.39, 0.29) is 65.5 Å². The number of aliphatic imine (C=N–C) groups is 1. The van der Waals surface area contributed by atoms with Gasteiger partial charge in [-0.05, 0) is 51.4 Å². The number of nitrogens with zero attached hydrogens (tertiary/aromatic N) is 3. The summed E-state index contributed by atoms with van der Waals surface area (Å²) >= 11 is 0. The van der Waals surface area contributed by atoms with Crippen molar-refractivity contribution >= 4 is 41.8 Å². The molecule has 1 saturated carbocycles. The molecule has 31 heavy (non-hydrogen) atoms. The second kappa shape index (κ2) is 10.2. The summed E-state index contributed by atoms with van der Waals surface area (Å²) < 4.78 is 5.54. The number of hydrogen-bond acceptors (Lipinski definition) is 5. The summed E-state index contributed by atoms with van der Waals surface area (Å²) in [5, 5.41) is 6.49. The number of allylic oxidation sites excluding steroid dienone is 2. The van der Waals surface area contributed by atoms with Crippen LogP contribution >= 0.6 is 24.0 Å². The molecule has 2 fully saturated rings. The van der Waals surface area contributed by atoms with Gasteiger partial charge in [0.2, 0.25) is 11.8 Å². The third-order valence-corrected chi connectivity index (χ3v) is 6.45. The molecule has 2 amide bonds. The number of likely N-dealkylation sites (N-methyl/N-ethyl adjacent to an activating group) is 1. The highest BCUT2D eigenvalue weighted by atomic mass is 127. The number of carbonyl (C=O) groups is 2. The van der Waals surface area contributed by atoms with Crippen molar-refractivity contribution in [2.45, 2.75) is 19.4 Å². The van der Waals surface area contributed by atoms with E-state index >= 15 is 0 Å². The van der Waals surface area contributed by atoms with E-state index in [4.69, 9.17) is 4.42 Å². The zero-order valence-corrected chi connectivity index (χ0v) is 20.6. The fourth-order valence-corrected chi connectivity index (χ4v) is 4.98. The average Bonchev–Trinajstić information content (AvgIpc) is 3.49. The molecule has 5 atom stereocenters. The molecule has 2 N–H and O–H groups in total. The van der Waals surface area contributed by atoms with Gasteiger partial charge in [-0.2, -0.15) is 0 Å². The van der Waals surface area contributed by atoms with E-state index in [0.29, 0.717) is 25.6 Å². The summed E-state index contributed by atoms with van der Waals surface area (Å²) in [6, 6.07) is 3.85. The SMILES string of the molecule is CCNC(=NCC(c1ccco1)N(C)C)NCCN1C(=O)C2C3C=CC(C3)C2C1=O.I. The number of nitrogens with one attached hydrogen (secondary N) is 2. The Morgan fingerprint density at radius 2 is 1.90 bits per heavy atom. The first-order chi connectivity index (χ1) is 14.5. The number of halogens is 1. The number of hydrogen-bond donors (Lipinski definition) is 2. The molecule has 0 spiro atoms. The van der Waals surface area contributed by atoms with Gasteiger partial charge in [0.25, 0.3) is 0 Å². The van der Waals surface area contributed by atoms with E-state index in [0.717, 1.165) is 18.7 Å². The van der Waals surface area contributed by atoms with Gasteiger partial charge < -0.3 is 15.1 Å². The summed E-state index contributed by atoms with van der Waals surface area (Å²) in [6.07, 6.45) is 6.86. The van der Waals surface area contributed by atoms with Crippen LogP contribution in [0, 0.1) is 23.7 Å². The van der Waals surface area contributed by atoms with E-state index < -0.39 is 0 Å². The van der Waals surface area contributed by atoms with Gasteiger partial charge in [0.05, 0.1) is 30.7 Å². The maximum Gasteiger partial charge on any atom is 0.233 e. The Hall–Kier alpha value is -1.88. The number of imide groups is 1. The lowest BCUT2D eigenvalue weighted by Gasteiger charge is -2.22. The quantitative estimate of drug-likeness (QED) is 0.172. The number of likely N-dealkylation sites (tertiary alicyclic amines) is 1. The first kappa shape index (κ1) is 23.8. The highest BCUT2D eigenvalue weighted by Crippen LogP contribution is 2.52. The van der Waals surface area contributed by atoms with Crippen LogP contribution in [0.25, 0.3) is 0 Å². The van der Waals surface area contributed by atoms with E-state index in [2.05, 4.69) is 32.7 Å². The molecule has 0 aromatic carbocycles. The van der Waals surface area contributed by atoms with E-state index in [9.17, 15) is 9.59 Å². The molecule has 9 heteroatoms. The second-order valence-electron chi connectivity index (χ2n) is 8.47. The molecular weight excluding hydrogens is 509 g/mol. The van der Waals surface area contributed by atoms with Gasteiger partial charge in [0, 0.05) is 19.6 Å². The highest BCUT2D eigenvalue weighted by Gasteiger charge is 2.58. The number of carbonyl (C=O) groups excluding carboxylic acids is 2. The zero-order chi connectivity index (χ0) is 21.3. The molecule has 8 nitrogen and oxygen atoms in total. The van der Waals surface area contributed by atoms with Crippen LogP contribution in [0.2, 0.25) is 0 Å². The number of fused-ring (bicyclic) bond motifs is 5. The van der Waals surface area contributed by atoms with E-state index in [1.165, 1.54) is 4.90 Å². The molecule has 0 radical (unpaired) electrons. The van der Waals surface area contributed by atoms with Gasteiger partial charge in [-0.25, -0.2) is 0 Å². The van der Waals surface area contributed by atoms with E-state index in [1.54, 1.807) is 6.26 Å². The van der Waals surface area contributed by atoms with Crippen molar-refractivity contribution in [3.8, 4) is 0 Å². The summed E-state index contributed by atoms with van der Waals surface area (Å²) in [6.45, 7) is 4.09. The number of rotatable bonds is 8. The molecule has 2 aliphatic carbocycles. The van der Waals surface area contributed by atoms with Crippen LogP contribution in [0.15, 0.2) is 40.0 Å². The Kier molecular flexibility index (Phi) is 7.79. The molecule has 5 unspecified atom stereocenters. The third kappa shape index (κ3) is 4.67. The molecule has 4 rings (SSSR count). The third-order valence-electron chi connectivity index (χ3n) is 6.45. The Bertz CT molecular complexity index is 808. The van der Waals surface area contributed by atoms with Gasteiger partial charge in [-0.3, -0.25) is 24.4 Å². The lowest BCUT2D eigenvalue weighted by atomic mass is 9.85. The molecule has 1 aliphatic heterocycles. The summed E-state index contributed by atoms with van der Waals surface area (Å²) in [4.78, 5) is 33.8. The molecule has 1 aromatic rings. The summed E-state index contributed by atoms with van der Waals surface area (Å²) in [5.41, 5.74) is 0. The van der Waals surface area contributed by atoms with Gasteiger partial charge >= 0.3 is 0 Å². The van der Waals surface area contributed by atoms with Crippen molar-refractivity contribution in [3.63, 3.8) is 0 Å². The summed E-state index contributed by atoms with van der Waals surface area (Å²) in [7, 11) is 3.99. The highest BCUT2D eigenvalue weighted by molar-refractivity contribution is 14.0. The normalized spacial score (nSPS) is 27.6. The lowest BCUT2D eigenvalue weighted by Crippen LogP contribution is -2.44. The van der Waals surface area contributed by atoms with Gasteiger partial charge in [-0.1, -0.05) is 12.2 Å². The fourth-order valence-electron chi connectivity index (χ4n) is 4.98. The van der Waals surface area contributed by atoms with Crippen LogP contribution < -0.4 is 10.6 Å². The Morgan fingerprint density at radius 3 is 2.45 bits per heavy atom. The van der Waals surface area contributed by atoms with Crippen LogP contribution in [0.5, 0.6) is 0 Å². The number of guanidine groups is 1. The minimum atomic E-state index is -0.136. The van der Waals surface area contributed by atoms with Crippen LogP contribution in [-0.2, 0) is 9.59 Å². The van der Waals surface area contributed by atoms with Crippen molar-refractivity contribution in [2.75, 3.05) is 40.3 Å². The molecular formula is C22H32IN5O3. The Morgan fingerprint density at radius 1 is 1.23 bits per heavy atom. The zero-order valence-electron chi connectivity index (χ0n) is 18.3. The predicted octanol–water partition coefficient (Wildman–Crippen LogP) is 1.86. The topological polar surface area (TPSA) is 90.2 Å². The minimum absolute atomic E-state index is 0. The molecule has 1 aromatic heterocycles. The van der Waals surface area contributed by atoms with Crippen molar-refractivity contribution < 1.29 is 14.0 Å². The molecule has 1 saturated heterocycles. The van der Waals surface area contributed by atoms with E-state index in [1.807, 2.05) is 33.2 Å². The largest absolute Gasteiger partial charge is 0.468 e. The van der Waals surface area contributed by atoms with Gasteiger partial charge in [-0.15, -0.1) is 24.0 Å². The Labute approximate surface area is 200 Å². The lowest BCUT2D eigenvalue weighted by molar-refractivity contribution is -0.140. The van der Waals surface area contributed by atoms with Crippen molar-refractivity contribution in [1.82, 2.24) is 20.4 Å². The second-order valence-corrected chi connectivity index (χ2v) is 8.47. The summed E-state index contributed by atoms with van der Waals surface area (Å²) in [5.74, 6) is 1.74. The first-order valence-electron chi connectivity index (χ1n) is 10.8. The maximum absolute atomic E-state index is 12.8. The fraction of sp³-hybridized carbons (Fsp3) is 0.591. The smallest absolute Gasteiger partial charge is 0.233 e. The molecule has 3 aliphatic rings. The minimum Gasteiger partial charge on any atom is -0.468 e. The van der Waals surface area contributed by atoms with Crippen LogP contribution in [-0.4, -0.2) is 67.8 Å². The first-order valence-corrected chi connectivity index (χ1v) is 10.8. The van der Waals surface area contributed by atoms with Crippen molar-refractivity contribution in [1.29, 1.82) is 0 Å². The van der Waals surface area contributed by atoms with Crippen molar-refractivity contribution in [2.24, 2.45) is 28.7 Å². The molecule has 2 heterocycles. The average molecular weight is 541 g/mol. The predicted molar refractivity (Wildman–Crippen MR) is 129 cm³/mol. The number of furan rings is 1. The number of amides is 2. The monoisotopic (exact) mass is 541 g/mol. The van der Waals surface area contributed by atoms with Gasteiger partial charge in [0.1, 0.15) is 5.76 Å².